The molecule has 3 aromatic rings. The standard InChI is InChI=1S/C17H19NO/c1-10-8-13-12-7-6-11(2)18-16(12)19-15(13)9-14(10)17(3,4)5/h6-9H,1-5H3. The number of nitrogens with zero attached hydrogens (tertiary/aromatic N) is 1. The highest BCUT2D eigenvalue weighted by Gasteiger charge is 2.19. The van der Waals surface area contributed by atoms with E-state index < -0.39 is 0 Å². The van der Waals surface area contributed by atoms with Crippen LogP contribution in [0.3, 0.4) is 0 Å². The number of fused-ring (bicyclic) bond motifs is 3. The lowest BCUT2D eigenvalue weighted by atomic mass is 9.83. The average Bonchev–Trinajstić information content (AvgIpc) is 2.63. The van der Waals surface area contributed by atoms with Crippen molar-refractivity contribution in [1.82, 2.24) is 4.98 Å². The predicted molar refractivity (Wildman–Crippen MR) is 79.7 cm³/mol. The second kappa shape index (κ2) is 3.83. The molecule has 0 aliphatic carbocycles. The molecule has 2 nitrogen and oxygen atoms in total. The van der Waals surface area contributed by atoms with Gasteiger partial charge in [0.25, 0.3) is 0 Å². The smallest absolute Gasteiger partial charge is 0.227 e. The number of furan rings is 1. The first kappa shape index (κ1) is 12.2. The lowest BCUT2D eigenvalue weighted by Crippen LogP contribution is -2.12. The Balaban J connectivity index is 2.39. The molecular formula is C17H19NO. The second-order valence-electron chi connectivity index (χ2n) is 6.32. The van der Waals surface area contributed by atoms with Crippen molar-refractivity contribution in [2.45, 2.75) is 40.0 Å². The van der Waals surface area contributed by atoms with Gasteiger partial charge in [0.1, 0.15) is 5.58 Å². The van der Waals surface area contributed by atoms with Crippen molar-refractivity contribution < 1.29 is 4.42 Å². The molecule has 0 aliphatic heterocycles. The van der Waals surface area contributed by atoms with Gasteiger partial charge in [0.2, 0.25) is 5.71 Å². The molecule has 2 aromatic heterocycles. The Morgan fingerprint density at radius 3 is 2.42 bits per heavy atom. The molecule has 0 aliphatic rings. The molecule has 0 bridgehead atoms. The van der Waals surface area contributed by atoms with E-state index in [1.807, 2.05) is 13.0 Å². The van der Waals surface area contributed by atoms with Gasteiger partial charge in [0.15, 0.2) is 0 Å². The summed E-state index contributed by atoms with van der Waals surface area (Å²) >= 11 is 0. The highest BCUT2D eigenvalue weighted by Crippen LogP contribution is 2.34. The summed E-state index contributed by atoms with van der Waals surface area (Å²) in [5, 5.41) is 2.26. The van der Waals surface area contributed by atoms with E-state index in [9.17, 15) is 0 Å². The molecule has 0 amide bonds. The van der Waals surface area contributed by atoms with Crippen LogP contribution in [0.5, 0.6) is 0 Å². The molecule has 2 heterocycles. The minimum atomic E-state index is 0.126. The number of aryl methyl sites for hydroxylation is 2. The molecule has 2 heteroatoms. The van der Waals surface area contributed by atoms with Crippen LogP contribution in [-0.4, -0.2) is 4.98 Å². The Morgan fingerprint density at radius 1 is 1.00 bits per heavy atom. The SMILES string of the molecule is Cc1ccc2c(n1)oc1cc(C(C)(C)C)c(C)cc12. The first-order valence-corrected chi connectivity index (χ1v) is 6.67. The minimum Gasteiger partial charge on any atom is -0.438 e. The van der Waals surface area contributed by atoms with E-state index in [4.69, 9.17) is 4.42 Å². The molecule has 3 rings (SSSR count). The lowest BCUT2D eigenvalue weighted by Gasteiger charge is -2.21. The maximum Gasteiger partial charge on any atom is 0.227 e. The highest BCUT2D eigenvalue weighted by atomic mass is 16.3. The number of rotatable bonds is 0. The minimum absolute atomic E-state index is 0.126. The Kier molecular flexibility index (Phi) is 2.46. The van der Waals surface area contributed by atoms with Crippen molar-refractivity contribution in [3.63, 3.8) is 0 Å². The van der Waals surface area contributed by atoms with E-state index in [1.54, 1.807) is 0 Å². The van der Waals surface area contributed by atoms with Crippen LogP contribution in [0.1, 0.15) is 37.6 Å². The third-order valence-electron chi connectivity index (χ3n) is 3.63. The van der Waals surface area contributed by atoms with Crippen LogP contribution in [0.25, 0.3) is 22.1 Å². The molecule has 0 atom stereocenters. The molecule has 0 saturated carbocycles. The van der Waals surface area contributed by atoms with Gasteiger partial charge in [0.05, 0.1) is 0 Å². The number of aromatic nitrogens is 1. The van der Waals surface area contributed by atoms with Gasteiger partial charge in [-0.1, -0.05) is 20.8 Å². The van der Waals surface area contributed by atoms with Crippen LogP contribution < -0.4 is 0 Å². The summed E-state index contributed by atoms with van der Waals surface area (Å²) in [6, 6.07) is 8.52. The molecule has 0 radical (unpaired) electrons. The molecule has 0 saturated heterocycles. The van der Waals surface area contributed by atoms with Crippen LogP contribution >= 0.6 is 0 Å². The fraction of sp³-hybridized carbons (Fsp3) is 0.353. The van der Waals surface area contributed by atoms with Gasteiger partial charge >= 0.3 is 0 Å². The topological polar surface area (TPSA) is 26.0 Å². The van der Waals surface area contributed by atoms with Gasteiger partial charge < -0.3 is 4.42 Å². The van der Waals surface area contributed by atoms with Crippen molar-refractivity contribution in [2.75, 3.05) is 0 Å². The Morgan fingerprint density at radius 2 is 1.74 bits per heavy atom. The third-order valence-corrected chi connectivity index (χ3v) is 3.63. The third kappa shape index (κ3) is 1.92. The first-order valence-electron chi connectivity index (χ1n) is 6.67. The Labute approximate surface area is 113 Å². The summed E-state index contributed by atoms with van der Waals surface area (Å²) in [5.41, 5.74) is 5.42. The van der Waals surface area contributed by atoms with E-state index in [1.165, 1.54) is 11.1 Å². The van der Waals surface area contributed by atoms with Gasteiger partial charge in [-0.3, -0.25) is 0 Å². The second-order valence-corrected chi connectivity index (χ2v) is 6.32. The van der Waals surface area contributed by atoms with E-state index in [0.717, 1.165) is 27.8 Å². The fourth-order valence-corrected chi connectivity index (χ4v) is 2.71. The first-order chi connectivity index (χ1) is 8.86. The number of pyridine rings is 1. The van der Waals surface area contributed by atoms with Crippen LogP contribution in [-0.2, 0) is 5.41 Å². The van der Waals surface area contributed by atoms with Crippen molar-refractivity contribution in [2.24, 2.45) is 0 Å². The van der Waals surface area contributed by atoms with E-state index in [-0.39, 0.29) is 5.41 Å². The predicted octanol–water partition coefficient (Wildman–Crippen LogP) is 4.90. The summed E-state index contributed by atoms with van der Waals surface area (Å²) in [4.78, 5) is 4.47. The number of benzene rings is 1. The zero-order chi connectivity index (χ0) is 13.8. The molecule has 0 unspecified atom stereocenters. The fourth-order valence-electron chi connectivity index (χ4n) is 2.71. The molecular weight excluding hydrogens is 234 g/mol. The van der Waals surface area contributed by atoms with Gasteiger partial charge in [0, 0.05) is 16.5 Å². The van der Waals surface area contributed by atoms with Crippen molar-refractivity contribution in [3.05, 3.63) is 41.1 Å². The van der Waals surface area contributed by atoms with E-state index in [0.29, 0.717) is 0 Å². The van der Waals surface area contributed by atoms with E-state index in [2.05, 4.69) is 50.9 Å². The molecule has 0 N–H and O–H groups in total. The maximum atomic E-state index is 5.91. The van der Waals surface area contributed by atoms with Crippen LogP contribution in [0, 0.1) is 13.8 Å². The zero-order valence-corrected chi connectivity index (χ0v) is 12.2. The largest absolute Gasteiger partial charge is 0.438 e. The number of hydrogen-bond acceptors (Lipinski definition) is 2. The van der Waals surface area contributed by atoms with Crippen molar-refractivity contribution >= 4 is 22.1 Å². The average molecular weight is 253 g/mol. The van der Waals surface area contributed by atoms with E-state index >= 15 is 0 Å². The summed E-state index contributed by atoms with van der Waals surface area (Å²) in [6.45, 7) is 10.8. The van der Waals surface area contributed by atoms with Crippen LogP contribution in [0.4, 0.5) is 0 Å². The van der Waals surface area contributed by atoms with Crippen molar-refractivity contribution in [3.8, 4) is 0 Å². The molecule has 1 aromatic carbocycles. The molecule has 19 heavy (non-hydrogen) atoms. The highest BCUT2D eigenvalue weighted by molar-refractivity contribution is 6.04. The normalized spacial score (nSPS) is 12.5. The number of hydrogen-bond donors (Lipinski definition) is 0. The quantitative estimate of drug-likeness (QED) is 0.569. The molecule has 0 spiro atoms. The van der Waals surface area contributed by atoms with Crippen LogP contribution in [0.15, 0.2) is 28.7 Å². The summed E-state index contributed by atoms with van der Waals surface area (Å²) < 4.78 is 5.91. The van der Waals surface area contributed by atoms with Crippen molar-refractivity contribution in [1.29, 1.82) is 0 Å². The lowest BCUT2D eigenvalue weighted by molar-refractivity contribution is 0.583. The summed E-state index contributed by atoms with van der Waals surface area (Å²) in [6.07, 6.45) is 0. The summed E-state index contributed by atoms with van der Waals surface area (Å²) in [5.74, 6) is 0. The zero-order valence-electron chi connectivity index (χ0n) is 12.2. The Hall–Kier alpha value is -1.83. The van der Waals surface area contributed by atoms with Crippen LogP contribution in [0.2, 0.25) is 0 Å². The van der Waals surface area contributed by atoms with Gasteiger partial charge in [-0.15, -0.1) is 0 Å². The monoisotopic (exact) mass is 253 g/mol. The maximum absolute atomic E-state index is 5.91. The molecule has 98 valence electrons. The van der Waals surface area contributed by atoms with Gasteiger partial charge in [-0.25, -0.2) is 4.98 Å². The van der Waals surface area contributed by atoms with Gasteiger partial charge in [-0.05, 0) is 54.7 Å². The molecule has 0 fully saturated rings. The summed E-state index contributed by atoms with van der Waals surface area (Å²) in [7, 11) is 0. The van der Waals surface area contributed by atoms with Gasteiger partial charge in [-0.2, -0.15) is 0 Å². The Bertz CT molecular complexity index is 775.